The number of benzene rings is 1. The predicted molar refractivity (Wildman–Crippen MR) is 81.4 cm³/mol. The molecule has 116 valence electrons. The molecule has 7 nitrogen and oxygen atoms in total. The molecule has 1 heterocycles. The maximum absolute atomic E-state index is 12.0. The van der Waals surface area contributed by atoms with Crippen molar-refractivity contribution in [1.29, 1.82) is 0 Å². The Morgan fingerprint density at radius 3 is 2.67 bits per heavy atom. The number of rotatable bonds is 5. The first-order chi connectivity index (χ1) is 9.80. The van der Waals surface area contributed by atoms with Gasteiger partial charge in [0.25, 0.3) is 0 Å². The summed E-state index contributed by atoms with van der Waals surface area (Å²) in [4.78, 5) is 11.3. The Morgan fingerprint density at radius 1 is 1.43 bits per heavy atom. The fourth-order valence-corrected chi connectivity index (χ4v) is 3.07. The molecule has 0 aliphatic carbocycles. The summed E-state index contributed by atoms with van der Waals surface area (Å²) in [6.45, 7) is 0.565. The van der Waals surface area contributed by atoms with Crippen molar-refractivity contribution in [2.45, 2.75) is 23.8 Å². The minimum atomic E-state index is -3.49. The molecular formula is C13H20N4O3S. The zero-order chi connectivity index (χ0) is 15.6. The van der Waals surface area contributed by atoms with Crippen LogP contribution in [0.1, 0.15) is 12.8 Å². The van der Waals surface area contributed by atoms with E-state index in [4.69, 9.17) is 5.73 Å². The second-order valence-electron chi connectivity index (χ2n) is 5.22. The molecule has 21 heavy (non-hydrogen) atoms. The lowest BCUT2D eigenvalue weighted by molar-refractivity contribution is -0.119. The van der Waals surface area contributed by atoms with E-state index in [1.165, 1.54) is 26.2 Å². The molecule has 0 aromatic heterocycles. The molecule has 1 unspecified atom stereocenters. The van der Waals surface area contributed by atoms with E-state index in [0.717, 1.165) is 10.7 Å². The number of carbonyl (C=O) groups is 1. The van der Waals surface area contributed by atoms with Gasteiger partial charge in [-0.3, -0.25) is 4.79 Å². The Hall–Kier alpha value is -1.80. The highest BCUT2D eigenvalue weighted by Crippen LogP contribution is 2.24. The van der Waals surface area contributed by atoms with Crippen LogP contribution < -0.4 is 16.4 Å². The summed E-state index contributed by atoms with van der Waals surface area (Å²) < 4.78 is 25.1. The van der Waals surface area contributed by atoms with Crippen LogP contribution in [0.15, 0.2) is 23.1 Å². The highest BCUT2D eigenvalue weighted by atomic mass is 32.2. The van der Waals surface area contributed by atoms with Crippen molar-refractivity contribution in [2.24, 2.45) is 0 Å². The Morgan fingerprint density at radius 2 is 2.14 bits per heavy atom. The minimum absolute atomic E-state index is 0.0576. The first kappa shape index (κ1) is 15.6. The standard InChI is InChI=1S/C13H20N4O3S/c1-17(2)21(19,20)10-4-5-12(11(14)7-10)15-8-9-3-6-13(18)16-9/h4-5,7,9,15H,3,6,8,14H2,1-2H3,(H,16,18). The second-order valence-corrected chi connectivity index (χ2v) is 7.37. The van der Waals surface area contributed by atoms with E-state index in [1.54, 1.807) is 6.07 Å². The topological polar surface area (TPSA) is 105 Å². The van der Waals surface area contributed by atoms with Gasteiger partial charge in [0.15, 0.2) is 0 Å². The van der Waals surface area contributed by atoms with Gasteiger partial charge in [-0.05, 0) is 24.6 Å². The smallest absolute Gasteiger partial charge is 0.242 e. The van der Waals surface area contributed by atoms with Crippen LogP contribution in [0.3, 0.4) is 0 Å². The third-order valence-corrected chi connectivity index (χ3v) is 5.24. The van der Waals surface area contributed by atoms with E-state index >= 15 is 0 Å². The van der Waals surface area contributed by atoms with Crippen LogP contribution in [0, 0.1) is 0 Å². The number of nitrogens with one attached hydrogen (secondary N) is 2. The second kappa shape index (κ2) is 5.90. The molecule has 1 saturated heterocycles. The van der Waals surface area contributed by atoms with Crippen LogP contribution in [0.2, 0.25) is 0 Å². The van der Waals surface area contributed by atoms with Gasteiger partial charge in [-0.15, -0.1) is 0 Å². The largest absolute Gasteiger partial charge is 0.397 e. The number of anilines is 2. The molecule has 8 heteroatoms. The SMILES string of the molecule is CN(C)S(=O)(=O)c1ccc(NCC2CCC(=O)N2)c(N)c1. The zero-order valence-corrected chi connectivity index (χ0v) is 12.9. The average Bonchev–Trinajstić information content (AvgIpc) is 2.82. The summed E-state index contributed by atoms with van der Waals surface area (Å²) >= 11 is 0. The fraction of sp³-hybridized carbons (Fsp3) is 0.462. The van der Waals surface area contributed by atoms with Crippen LogP contribution in [0.5, 0.6) is 0 Å². The Labute approximate surface area is 124 Å². The monoisotopic (exact) mass is 312 g/mol. The number of hydrogen-bond donors (Lipinski definition) is 3. The quantitative estimate of drug-likeness (QED) is 0.674. The van der Waals surface area contributed by atoms with Crippen LogP contribution in [0.4, 0.5) is 11.4 Å². The van der Waals surface area contributed by atoms with Crippen molar-refractivity contribution in [3.63, 3.8) is 0 Å². The summed E-state index contributed by atoms with van der Waals surface area (Å²) in [5, 5.41) is 5.98. The van der Waals surface area contributed by atoms with Gasteiger partial charge in [0.2, 0.25) is 15.9 Å². The molecule has 0 saturated carbocycles. The van der Waals surface area contributed by atoms with Crippen LogP contribution in [-0.4, -0.2) is 45.3 Å². The first-order valence-electron chi connectivity index (χ1n) is 6.66. The third-order valence-electron chi connectivity index (χ3n) is 3.43. The Balaban J connectivity index is 2.08. The molecule has 0 bridgehead atoms. The molecule has 1 aromatic rings. The molecule has 1 atom stereocenters. The van der Waals surface area contributed by atoms with Crippen LogP contribution in [-0.2, 0) is 14.8 Å². The molecule has 4 N–H and O–H groups in total. The van der Waals surface area contributed by atoms with Gasteiger partial charge < -0.3 is 16.4 Å². The summed E-state index contributed by atoms with van der Waals surface area (Å²) in [7, 11) is -0.540. The lowest BCUT2D eigenvalue weighted by Crippen LogP contribution is -2.32. The van der Waals surface area contributed by atoms with E-state index in [2.05, 4.69) is 10.6 Å². The fourth-order valence-electron chi connectivity index (χ4n) is 2.14. The number of nitrogen functional groups attached to an aromatic ring is 1. The lowest BCUT2D eigenvalue weighted by atomic mass is 10.2. The minimum Gasteiger partial charge on any atom is -0.397 e. The van der Waals surface area contributed by atoms with Crippen LogP contribution in [0.25, 0.3) is 0 Å². The van der Waals surface area contributed by atoms with E-state index < -0.39 is 10.0 Å². The molecule has 1 amide bonds. The molecule has 1 aliphatic rings. The molecular weight excluding hydrogens is 292 g/mol. The molecule has 1 fully saturated rings. The van der Waals surface area contributed by atoms with Crippen molar-refractivity contribution in [3.05, 3.63) is 18.2 Å². The van der Waals surface area contributed by atoms with Crippen LogP contribution >= 0.6 is 0 Å². The van der Waals surface area contributed by atoms with E-state index in [0.29, 0.717) is 24.3 Å². The van der Waals surface area contributed by atoms with Gasteiger partial charge >= 0.3 is 0 Å². The van der Waals surface area contributed by atoms with Gasteiger partial charge in [-0.1, -0.05) is 0 Å². The average molecular weight is 312 g/mol. The normalized spacial score (nSPS) is 18.8. The number of nitrogens with zero attached hydrogens (tertiary/aromatic N) is 1. The summed E-state index contributed by atoms with van der Waals surface area (Å²) in [5.74, 6) is 0.0576. The summed E-state index contributed by atoms with van der Waals surface area (Å²) in [6.07, 6.45) is 1.33. The highest BCUT2D eigenvalue weighted by Gasteiger charge is 2.21. The van der Waals surface area contributed by atoms with E-state index in [-0.39, 0.29) is 16.8 Å². The number of hydrogen-bond acceptors (Lipinski definition) is 5. The first-order valence-corrected chi connectivity index (χ1v) is 8.10. The predicted octanol–water partition coefficient (Wildman–Crippen LogP) is 0.210. The maximum Gasteiger partial charge on any atom is 0.242 e. The number of nitrogens with two attached hydrogens (primary N) is 1. The molecule has 0 radical (unpaired) electrons. The van der Waals surface area contributed by atoms with E-state index in [1.807, 2.05) is 0 Å². The van der Waals surface area contributed by atoms with Gasteiger partial charge in [-0.25, -0.2) is 12.7 Å². The number of carbonyl (C=O) groups excluding carboxylic acids is 1. The number of amides is 1. The third kappa shape index (κ3) is 3.45. The van der Waals surface area contributed by atoms with Crippen molar-refractivity contribution >= 4 is 27.3 Å². The van der Waals surface area contributed by atoms with Gasteiger partial charge in [0, 0.05) is 33.1 Å². The molecule has 0 spiro atoms. The highest BCUT2D eigenvalue weighted by molar-refractivity contribution is 7.89. The number of sulfonamides is 1. The summed E-state index contributed by atoms with van der Waals surface area (Å²) in [6, 6.07) is 4.68. The molecule has 2 rings (SSSR count). The van der Waals surface area contributed by atoms with Crippen molar-refractivity contribution in [3.8, 4) is 0 Å². The summed E-state index contributed by atoms with van der Waals surface area (Å²) in [5.41, 5.74) is 6.92. The lowest BCUT2D eigenvalue weighted by Gasteiger charge is -2.16. The van der Waals surface area contributed by atoms with Crippen molar-refractivity contribution in [1.82, 2.24) is 9.62 Å². The Bertz CT molecular complexity index is 643. The van der Waals surface area contributed by atoms with E-state index in [9.17, 15) is 13.2 Å². The van der Waals surface area contributed by atoms with Gasteiger partial charge in [0.1, 0.15) is 0 Å². The van der Waals surface area contributed by atoms with Crippen molar-refractivity contribution in [2.75, 3.05) is 31.7 Å². The zero-order valence-electron chi connectivity index (χ0n) is 12.1. The molecule has 1 aromatic carbocycles. The Kier molecular flexibility index (Phi) is 4.38. The van der Waals surface area contributed by atoms with Crippen molar-refractivity contribution < 1.29 is 13.2 Å². The van der Waals surface area contributed by atoms with Gasteiger partial charge in [0.05, 0.1) is 16.3 Å². The maximum atomic E-state index is 12.0. The molecule has 1 aliphatic heterocycles. The van der Waals surface area contributed by atoms with Gasteiger partial charge in [-0.2, -0.15) is 0 Å².